The smallest absolute Gasteiger partial charge is 0.274 e. The number of hydrogen-bond donors (Lipinski definition) is 0. The van der Waals surface area contributed by atoms with Crippen molar-refractivity contribution in [3.05, 3.63) is 66.6 Å². The number of nitrogens with zero attached hydrogens (tertiary/aromatic N) is 7. The summed E-state index contributed by atoms with van der Waals surface area (Å²) in [4.78, 5) is 30.5. The fraction of sp³-hybridized carbons (Fsp3) is 0.346. The maximum Gasteiger partial charge on any atom is 0.274 e. The lowest BCUT2D eigenvalue weighted by Crippen LogP contribution is -2.49. The summed E-state index contributed by atoms with van der Waals surface area (Å²) < 4.78 is 12.7. The molecule has 0 unspecified atom stereocenters. The van der Waals surface area contributed by atoms with Gasteiger partial charge in [-0.25, -0.2) is 9.97 Å². The van der Waals surface area contributed by atoms with Crippen molar-refractivity contribution in [2.24, 2.45) is 0 Å². The van der Waals surface area contributed by atoms with Crippen LogP contribution in [0.3, 0.4) is 0 Å². The molecule has 0 spiro atoms. The van der Waals surface area contributed by atoms with E-state index in [0.29, 0.717) is 36.3 Å². The first-order valence-corrected chi connectivity index (χ1v) is 11.9. The van der Waals surface area contributed by atoms with Crippen molar-refractivity contribution in [3.63, 3.8) is 0 Å². The predicted molar refractivity (Wildman–Crippen MR) is 134 cm³/mol. The van der Waals surface area contributed by atoms with E-state index < -0.39 is 0 Å². The highest BCUT2D eigenvalue weighted by Gasteiger charge is 2.25. The Balaban J connectivity index is 1.28. The van der Waals surface area contributed by atoms with Crippen LogP contribution in [0.4, 0.5) is 5.69 Å². The maximum absolute atomic E-state index is 13.1. The standard InChI is InChI=1S/C26H29N7O3/c1-26(2,3)25-29-23(36-30-25)18-9-10-27-22(15-18)33-16-19(28-17-33)24(34)32-13-11-31(12-14-32)20-7-5-6-8-21(20)35-4/h5-10,15-17H,11-14H2,1-4H3. The molecule has 1 aliphatic rings. The van der Waals surface area contributed by atoms with Crippen LogP contribution in [0.5, 0.6) is 5.75 Å². The number of benzene rings is 1. The number of hydrogen-bond acceptors (Lipinski definition) is 8. The number of aromatic nitrogens is 5. The zero-order valence-corrected chi connectivity index (χ0v) is 20.9. The number of carbonyl (C=O) groups is 1. The molecule has 1 aliphatic heterocycles. The number of amides is 1. The molecule has 1 aromatic carbocycles. The molecule has 0 N–H and O–H groups in total. The van der Waals surface area contributed by atoms with Gasteiger partial charge in [0.25, 0.3) is 11.8 Å². The van der Waals surface area contributed by atoms with Gasteiger partial charge < -0.3 is 19.1 Å². The third-order valence-electron chi connectivity index (χ3n) is 6.15. The third kappa shape index (κ3) is 4.66. The summed E-state index contributed by atoms with van der Waals surface area (Å²) in [6.07, 6.45) is 4.97. The van der Waals surface area contributed by atoms with Crippen molar-refractivity contribution in [2.75, 3.05) is 38.2 Å². The molecule has 0 atom stereocenters. The van der Waals surface area contributed by atoms with Gasteiger partial charge in [0.1, 0.15) is 23.6 Å². The second kappa shape index (κ2) is 9.44. The fourth-order valence-corrected chi connectivity index (χ4v) is 4.10. The molecule has 0 saturated carbocycles. The minimum absolute atomic E-state index is 0.101. The number of methoxy groups -OCH3 is 1. The molecular formula is C26H29N7O3. The predicted octanol–water partition coefficient (Wildman–Crippen LogP) is 3.59. The van der Waals surface area contributed by atoms with E-state index >= 15 is 0 Å². The summed E-state index contributed by atoms with van der Waals surface area (Å²) >= 11 is 0. The molecule has 1 fully saturated rings. The van der Waals surface area contributed by atoms with Crippen LogP contribution in [-0.4, -0.2) is 68.8 Å². The van der Waals surface area contributed by atoms with Crippen LogP contribution in [0.2, 0.25) is 0 Å². The molecular weight excluding hydrogens is 458 g/mol. The molecule has 4 aromatic rings. The van der Waals surface area contributed by atoms with Crippen LogP contribution >= 0.6 is 0 Å². The Morgan fingerprint density at radius 1 is 1.06 bits per heavy atom. The second-order valence-corrected chi connectivity index (χ2v) is 9.69. The Labute approximate surface area is 209 Å². The number of pyridine rings is 1. The molecule has 1 saturated heterocycles. The van der Waals surface area contributed by atoms with Crippen molar-refractivity contribution in [1.82, 2.24) is 29.6 Å². The van der Waals surface area contributed by atoms with Gasteiger partial charge in [-0.1, -0.05) is 38.1 Å². The van der Waals surface area contributed by atoms with Gasteiger partial charge in [0.15, 0.2) is 5.82 Å². The lowest BCUT2D eigenvalue weighted by Gasteiger charge is -2.36. The van der Waals surface area contributed by atoms with Gasteiger partial charge in [-0.15, -0.1) is 0 Å². The van der Waals surface area contributed by atoms with Gasteiger partial charge in [-0.3, -0.25) is 9.36 Å². The normalized spacial score (nSPS) is 14.2. The van der Waals surface area contributed by atoms with E-state index in [9.17, 15) is 4.79 Å². The minimum Gasteiger partial charge on any atom is -0.495 e. The molecule has 10 nitrogen and oxygen atoms in total. The van der Waals surface area contributed by atoms with Crippen molar-refractivity contribution >= 4 is 11.6 Å². The molecule has 3 aromatic heterocycles. The lowest BCUT2D eigenvalue weighted by atomic mass is 9.96. The van der Waals surface area contributed by atoms with Crippen LogP contribution in [0, 0.1) is 0 Å². The third-order valence-corrected chi connectivity index (χ3v) is 6.15. The number of para-hydroxylation sites is 2. The number of anilines is 1. The van der Waals surface area contributed by atoms with E-state index in [-0.39, 0.29) is 11.3 Å². The SMILES string of the molecule is COc1ccccc1N1CCN(C(=O)c2cn(-c3cc(-c4nc(C(C)(C)C)no4)ccn3)cn2)CC1. The summed E-state index contributed by atoms with van der Waals surface area (Å²) in [5.41, 5.74) is 1.95. The highest BCUT2D eigenvalue weighted by atomic mass is 16.5. The Hall–Kier alpha value is -4.21. The van der Waals surface area contributed by atoms with E-state index in [1.54, 1.807) is 30.4 Å². The van der Waals surface area contributed by atoms with Gasteiger partial charge in [0.2, 0.25) is 0 Å². The first kappa shape index (κ1) is 23.5. The van der Waals surface area contributed by atoms with E-state index in [2.05, 4.69) is 25.0 Å². The Morgan fingerprint density at radius 2 is 1.83 bits per heavy atom. The molecule has 186 valence electrons. The number of ether oxygens (including phenoxy) is 1. The molecule has 4 heterocycles. The van der Waals surface area contributed by atoms with Crippen LogP contribution in [0.25, 0.3) is 17.3 Å². The highest BCUT2D eigenvalue weighted by Crippen LogP contribution is 2.29. The lowest BCUT2D eigenvalue weighted by molar-refractivity contribution is 0.0741. The molecule has 10 heteroatoms. The van der Waals surface area contributed by atoms with Gasteiger partial charge in [0.05, 0.1) is 12.8 Å². The number of imidazole rings is 1. The number of rotatable bonds is 5. The average molecular weight is 488 g/mol. The summed E-state index contributed by atoms with van der Waals surface area (Å²) in [6.45, 7) is 8.73. The molecule has 0 radical (unpaired) electrons. The average Bonchev–Trinajstić information content (AvgIpc) is 3.59. The topological polar surface area (TPSA) is 102 Å². The zero-order valence-electron chi connectivity index (χ0n) is 20.9. The maximum atomic E-state index is 13.1. The van der Waals surface area contributed by atoms with Crippen molar-refractivity contribution < 1.29 is 14.1 Å². The fourth-order valence-electron chi connectivity index (χ4n) is 4.10. The minimum atomic E-state index is -0.212. The Bertz CT molecular complexity index is 1360. The van der Waals surface area contributed by atoms with Gasteiger partial charge >= 0.3 is 0 Å². The quantitative estimate of drug-likeness (QED) is 0.421. The summed E-state index contributed by atoms with van der Waals surface area (Å²) in [5.74, 6) is 2.40. The molecule has 5 rings (SSSR count). The van der Waals surface area contributed by atoms with E-state index in [0.717, 1.165) is 30.1 Å². The number of piperazine rings is 1. The van der Waals surface area contributed by atoms with Crippen LogP contribution in [0.15, 0.2) is 59.6 Å². The summed E-state index contributed by atoms with van der Waals surface area (Å²) in [6, 6.07) is 11.6. The van der Waals surface area contributed by atoms with Crippen molar-refractivity contribution in [2.45, 2.75) is 26.2 Å². The monoisotopic (exact) mass is 487 g/mol. The Kier molecular flexibility index (Phi) is 6.17. The van der Waals surface area contributed by atoms with Crippen LogP contribution in [-0.2, 0) is 5.41 Å². The molecule has 36 heavy (non-hydrogen) atoms. The largest absolute Gasteiger partial charge is 0.495 e. The van der Waals surface area contributed by atoms with Crippen molar-refractivity contribution in [1.29, 1.82) is 0 Å². The first-order chi connectivity index (χ1) is 17.3. The van der Waals surface area contributed by atoms with E-state index in [1.165, 1.54) is 0 Å². The van der Waals surface area contributed by atoms with E-state index in [1.807, 2.05) is 62.1 Å². The van der Waals surface area contributed by atoms with Gasteiger partial charge in [0, 0.05) is 49.6 Å². The molecule has 0 aliphatic carbocycles. The van der Waals surface area contributed by atoms with Crippen LogP contribution in [0.1, 0.15) is 37.1 Å². The Morgan fingerprint density at radius 3 is 2.56 bits per heavy atom. The molecule has 0 bridgehead atoms. The van der Waals surface area contributed by atoms with Crippen LogP contribution < -0.4 is 9.64 Å². The summed E-state index contributed by atoms with van der Waals surface area (Å²) in [7, 11) is 1.67. The number of carbonyl (C=O) groups excluding carboxylic acids is 1. The van der Waals surface area contributed by atoms with Gasteiger partial charge in [-0.2, -0.15) is 4.98 Å². The van der Waals surface area contributed by atoms with Crippen molar-refractivity contribution in [3.8, 4) is 23.0 Å². The molecule has 1 amide bonds. The highest BCUT2D eigenvalue weighted by molar-refractivity contribution is 5.92. The summed E-state index contributed by atoms with van der Waals surface area (Å²) in [5, 5.41) is 4.09. The zero-order chi connectivity index (χ0) is 25.3. The van der Waals surface area contributed by atoms with Gasteiger partial charge in [-0.05, 0) is 24.3 Å². The second-order valence-electron chi connectivity index (χ2n) is 9.69. The first-order valence-electron chi connectivity index (χ1n) is 11.9. The van der Waals surface area contributed by atoms with E-state index in [4.69, 9.17) is 9.26 Å².